The maximum absolute atomic E-state index is 11.9. The number of nitrogens with zero attached hydrogens (tertiary/aromatic N) is 2. The van der Waals surface area contributed by atoms with E-state index in [4.69, 9.17) is 9.26 Å². The molecule has 1 aromatic heterocycles. The summed E-state index contributed by atoms with van der Waals surface area (Å²) in [4.78, 5) is 15.9. The van der Waals surface area contributed by atoms with Gasteiger partial charge in [0.05, 0.1) is 13.2 Å². The summed E-state index contributed by atoms with van der Waals surface area (Å²) in [5, 5.41) is 9.11. The van der Waals surface area contributed by atoms with Gasteiger partial charge in [-0.2, -0.15) is 4.98 Å². The lowest BCUT2D eigenvalue weighted by atomic mass is 10.1. The van der Waals surface area contributed by atoms with Gasteiger partial charge >= 0.3 is 6.03 Å². The molecule has 7 heteroatoms. The summed E-state index contributed by atoms with van der Waals surface area (Å²) in [5.41, 5.74) is 0.661. The van der Waals surface area contributed by atoms with Crippen LogP contribution in [0.1, 0.15) is 32.0 Å². The third kappa shape index (κ3) is 5.98. The standard InChI is InChI=1S/C16H22N4O3/c1-11(2)7-8-22-14-6-4-5-13(9-14)19-16(21)17-10-15-18-12(3)23-20-15/h4-6,9,11H,7-8,10H2,1-3H3,(H2,17,19,21). The lowest BCUT2D eigenvalue weighted by Crippen LogP contribution is -2.28. The highest BCUT2D eigenvalue weighted by Gasteiger charge is 2.06. The zero-order valence-corrected chi connectivity index (χ0v) is 13.6. The number of amides is 2. The van der Waals surface area contributed by atoms with Crippen LogP contribution in [0.5, 0.6) is 5.75 Å². The van der Waals surface area contributed by atoms with Gasteiger partial charge in [0.2, 0.25) is 5.89 Å². The fourth-order valence-corrected chi connectivity index (χ4v) is 1.82. The van der Waals surface area contributed by atoms with E-state index in [0.717, 1.165) is 12.2 Å². The molecule has 0 aliphatic heterocycles. The third-order valence-electron chi connectivity index (χ3n) is 3.03. The van der Waals surface area contributed by atoms with Gasteiger partial charge in [0.15, 0.2) is 5.82 Å². The number of urea groups is 1. The fourth-order valence-electron chi connectivity index (χ4n) is 1.82. The summed E-state index contributed by atoms with van der Waals surface area (Å²) < 4.78 is 10.5. The Morgan fingerprint density at radius 3 is 2.91 bits per heavy atom. The second-order valence-corrected chi connectivity index (χ2v) is 5.60. The number of ether oxygens (including phenoxy) is 1. The van der Waals surface area contributed by atoms with E-state index in [2.05, 4.69) is 34.6 Å². The fraction of sp³-hybridized carbons (Fsp3) is 0.438. The van der Waals surface area contributed by atoms with Crippen LogP contribution in [0.15, 0.2) is 28.8 Å². The largest absolute Gasteiger partial charge is 0.494 e. The van der Waals surface area contributed by atoms with Gasteiger partial charge in [0, 0.05) is 18.7 Å². The number of aromatic nitrogens is 2. The Kier molecular flexibility index (Phi) is 5.96. The first-order chi connectivity index (χ1) is 11.0. The van der Waals surface area contributed by atoms with Crippen LogP contribution in [0.4, 0.5) is 10.5 Å². The third-order valence-corrected chi connectivity index (χ3v) is 3.03. The van der Waals surface area contributed by atoms with Gasteiger partial charge in [-0.25, -0.2) is 4.79 Å². The Hall–Kier alpha value is -2.57. The lowest BCUT2D eigenvalue weighted by molar-refractivity contribution is 0.251. The molecule has 2 N–H and O–H groups in total. The van der Waals surface area contributed by atoms with E-state index in [9.17, 15) is 4.79 Å². The van der Waals surface area contributed by atoms with Crippen molar-refractivity contribution < 1.29 is 14.1 Å². The van der Waals surface area contributed by atoms with Crippen LogP contribution in [-0.2, 0) is 6.54 Å². The minimum atomic E-state index is -0.341. The first-order valence-corrected chi connectivity index (χ1v) is 7.60. The van der Waals surface area contributed by atoms with Crippen LogP contribution in [0, 0.1) is 12.8 Å². The smallest absolute Gasteiger partial charge is 0.319 e. The number of benzene rings is 1. The molecule has 0 spiro atoms. The highest BCUT2D eigenvalue weighted by atomic mass is 16.5. The average Bonchev–Trinajstić information content (AvgIpc) is 2.91. The van der Waals surface area contributed by atoms with Crippen molar-refractivity contribution in [2.45, 2.75) is 33.7 Å². The van der Waals surface area contributed by atoms with E-state index in [1.807, 2.05) is 12.1 Å². The predicted molar refractivity (Wildman–Crippen MR) is 86.3 cm³/mol. The van der Waals surface area contributed by atoms with E-state index in [1.54, 1.807) is 19.1 Å². The molecule has 0 fully saturated rings. The first-order valence-electron chi connectivity index (χ1n) is 7.60. The van der Waals surface area contributed by atoms with Crippen LogP contribution >= 0.6 is 0 Å². The normalized spacial score (nSPS) is 10.6. The van der Waals surface area contributed by atoms with Gasteiger partial charge < -0.3 is 19.9 Å². The molecule has 0 unspecified atom stereocenters. The highest BCUT2D eigenvalue weighted by molar-refractivity contribution is 5.89. The molecule has 0 saturated heterocycles. The zero-order valence-electron chi connectivity index (χ0n) is 13.6. The number of carbonyl (C=O) groups is 1. The molecule has 7 nitrogen and oxygen atoms in total. The van der Waals surface area contributed by atoms with Crippen molar-refractivity contribution in [2.24, 2.45) is 5.92 Å². The molecule has 0 aliphatic rings. The molecule has 1 heterocycles. The maximum atomic E-state index is 11.9. The van der Waals surface area contributed by atoms with Crippen molar-refractivity contribution in [1.82, 2.24) is 15.5 Å². The molecule has 2 amide bonds. The summed E-state index contributed by atoms with van der Waals surface area (Å²) >= 11 is 0. The second kappa shape index (κ2) is 8.17. The van der Waals surface area contributed by atoms with Crippen molar-refractivity contribution in [2.75, 3.05) is 11.9 Å². The van der Waals surface area contributed by atoms with Crippen LogP contribution in [0.25, 0.3) is 0 Å². The van der Waals surface area contributed by atoms with Crippen LogP contribution in [0.3, 0.4) is 0 Å². The number of carbonyl (C=O) groups excluding carboxylic acids is 1. The molecule has 124 valence electrons. The number of hydrogen-bond acceptors (Lipinski definition) is 5. The number of rotatable bonds is 7. The molecule has 2 rings (SSSR count). The van der Waals surface area contributed by atoms with Gasteiger partial charge in [0.1, 0.15) is 5.75 Å². The Bertz CT molecular complexity index is 640. The van der Waals surface area contributed by atoms with Crippen LogP contribution in [-0.4, -0.2) is 22.8 Å². The molecule has 0 atom stereocenters. The number of aryl methyl sites for hydroxylation is 1. The predicted octanol–water partition coefficient (Wildman–Crippen LogP) is 3.12. The van der Waals surface area contributed by atoms with E-state index in [1.165, 1.54) is 0 Å². The van der Waals surface area contributed by atoms with Crippen molar-refractivity contribution in [3.8, 4) is 5.75 Å². The number of anilines is 1. The molecule has 1 aromatic carbocycles. The van der Waals surface area contributed by atoms with Gasteiger partial charge in [-0.05, 0) is 24.5 Å². The van der Waals surface area contributed by atoms with Gasteiger partial charge in [-0.15, -0.1) is 0 Å². The average molecular weight is 318 g/mol. The first kappa shape index (κ1) is 16.8. The second-order valence-electron chi connectivity index (χ2n) is 5.60. The van der Waals surface area contributed by atoms with Crippen LogP contribution in [0.2, 0.25) is 0 Å². The Morgan fingerprint density at radius 1 is 1.39 bits per heavy atom. The lowest BCUT2D eigenvalue weighted by Gasteiger charge is -2.10. The van der Waals surface area contributed by atoms with Gasteiger partial charge in [-0.1, -0.05) is 25.1 Å². The van der Waals surface area contributed by atoms with E-state index >= 15 is 0 Å². The molecular formula is C16H22N4O3. The summed E-state index contributed by atoms with van der Waals surface area (Å²) in [6, 6.07) is 6.95. The van der Waals surface area contributed by atoms with E-state index in [0.29, 0.717) is 29.9 Å². The van der Waals surface area contributed by atoms with Crippen molar-refractivity contribution in [3.05, 3.63) is 36.0 Å². The van der Waals surface area contributed by atoms with Gasteiger partial charge in [-0.3, -0.25) is 0 Å². The maximum Gasteiger partial charge on any atom is 0.319 e. The summed E-state index contributed by atoms with van der Waals surface area (Å²) in [5.74, 6) is 2.23. The highest BCUT2D eigenvalue weighted by Crippen LogP contribution is 2.18. The Balaban J connectivity index is 1.80. The molecule has 0 bridgehead atoms. The Morgan fingerprint density at radius 2 is 2.22 bits per heavy atom. The van der Waals surface area contributed by atoms with E-state index in [-0.39, 0.29) is 12.6 Å². The van der Waals surface area contributed by atoms with Crippen molar-refractivity contribution in [3.63, 3.8) is 0 Å². The summed E-state index contributed by atoms with van der Waals surface area (Å²) in [6.45, 7) is 6.85. The SMILES string of the molecule is Cc1nc(CNC(=O)Nc2cccc(OCCC(C)C)c2)no1. The minimum Gasteiger partial charge on any atom is -0.494 e. The molecule has 0 radical (unpaired) electrons. The number of nitrogens with one attached hydrogen (secondary N) is 2. The Labute approximate surface area is 135 Å². The monoisotopic (exact) mass is 318 g/mol. The molecule has 2 aromatic rings. The molecule has 0 aliphatic carbocycles. The minimum absolute atomic E-state index is 0.202. The topological polar surface area (TPSA) is 89.3 Å². The number of hydrogen-bond donors (Lipinski definition) is 2. The molecule has 23 heavy (non-hydrogen) atoms. The van der Waals surface area contributed by atoms with Gasteiger partial charge in [0.25, 0.3) is 0 Å². The van der Waals surface area contributed by atoms with Crippen molar-refractivity contribution >= 4 is 11.7 Å². The molecule has 0 saturated carbocycles. The van der Waals surface area contributed by atoms with E-state index < -0.39 is 0 Å². The zero-order chi connectivity index (χ0) is 16.7. The quantitative estimate of drug-likeness (QED) is 0.818. The summed E-state index contributed by atoms with van der Waals surface area (Å²) in [6.07, 6.45) is 0.988. The summed E-state index contributed by atoms with van der Waals surface area (Å²) in [7, 11) is 0. The van der Waals surface area contributed by atoms with Crippen LogP contribution < -0.4 is 15.4 Å². The van der Waals surface area contributed by atoms with Crippen molar-refractivity contribution in [1.29, 1.82) is 0 Å². The molecular weight excluding hydrogens is 296 g/mol.